The summed E-state index contributed by atoms with van der Waals surface area (Å²) in [5.41, 5.74) is 0. The van der Waals surface area contributed by atoms with Crippen molar-refractivity contribution >= 4 is 17.3 Å². The minimum atomic E-state index is -0.115. The molecule has 2 atom stereocenters. The van der Waals surface area contributed by atoms with Crippen molar-refractivity contribution < 1.29 is 9.53 Å². The van der Waals surface area contributed by atoms with Gasteiger partial charge in [-0.2, -0.15) is 0 Å². The van der Waals surface area contributed by atoms with E-state index in [1.165, 1.54) is 6.42 Å². The van der Waals surface area contributed by atoms with Gasteiger partial charge in [-0.1, -0.05) is 18.2 Å². The van der Waals surface area contributed by atoms with Gasteiger partial charge in [-0.3, -0.25) is 4.79 Å². The predicted octanol–water partition coefficient (Wildman–Crippen LogP) is 3.83. The molecule has 120 valence electrons. The lowest BCUT2D eigenvalue weighted by Crippen LogP contribution is -2.36. The highest BCUT2D eigenvalue weighted by molar-refractivity contribution is 7.10. The first kappa shape index (κ1) is 15.8. The van der Waals surface area contributed by atoms with Crippen LogP contribution in [-0.2, 0) is 9.53 Å². The summed E-state index contributed by atoms with van der Waals surface area (Å²) < 4.78 is 5.89. The molecule has 0 radical (unpaired) electrons. The number of hydrogen-bond acceptors (Lipinski definition) is 4. The zero-order valence-corrected chi connectivity index (χ0v) is 14.1. The molecular weight excluding hydrogens is 294 g/mol. The number of carbonyl (C=O) groups is 1. The SMILES string of the molecule is CN1CCC(OC(=O)[C@@H](c2cccs2)[C@@H]2C=CCCC2)CC1. The van der Waals surface area contributed by atoms with Crippen LogP contribution in [0.3, 0.4) is 0 Å². The number of thiophene rings is 1. The zero-order valence-electron chi connectivity index (χ0n) is 13.2. The Morgan fingerprint density at radius 3 is 2.82 bits per heavy atom. The van der Waals surface area contributed by atoms with E-state index in [9.17, 15) is 4.79 Å². The molecule has 0 aromatic carbocycles. The molecule has 0 N–H and O–H groups in total. The molecule has 4 heteroatoms. The summed E-state index contributed by atoms with van der Waals surface area (Å²) in [7, 11) is 2.12. The van der Waals surface area contributed by atoms with E-state index in [0.717, 1.165) is 43.6 Å². The number of allylic oxidation sites excluding steroid dienone is 2. The van der Waals surface area contributed by atoms with Gasteiger partial charge >= 0.3 is 5.97 Å². The number of rotatable bonds is 4. The van der Waals surface area contributed by atoms with E-state index in [1.807, 2.05) is 6.07 Å². The summed E-state index contributed by atoms with van der Waals surface area (Å²) in [6, 6.07) is 4.11. The van der Waals surface area contributed by atoms with Crippen molar-refractivity contribution in [2.45, 2.75) is 44.1 Å². The lowest BCUT2D eigenvalue weighted by molar-refractivity contribution is -0.154. The van der Waals surface area contributed by atoms with Gasteiger partial charge in [0.15, 0.2) is 0 Å². The normalized spacial score (nSPS) is 25.0. The van der Waals surface area contributed by atoms with Crippen molar-refractivity contribution in [2.75, 3.05) is 20.1 Å². The van der Waals surface area contributed by atoms with Gasteiger partial charge < -0.3 is 9.64 Å². The van der Waals surface area contributed by atoms with Crippen molar-refractivity contribution in [3.63, 3.8) is 0 Å². The molecule has 1 saturated heterocycles. The van der Waals surface area contributed by atoms with Crippen LogP contribution in [0.15, 0.2) is 29.7 Å². The van der Waals surface area contributed by atoms with E-state index in [1.54, 1.807) is 11.3 Å². The fraction of sp³-hybridized carbons (Fsp3) is 0.611. The number of likely N-dealkylation sites (tertiary alicyclic amines) is 1. The first-order valence-corrected chi connectivity index (χ1v) is 9.21. The highest BCUT2D eigenvalue weighted by atomic mass is 32.1. The van der Waals surface area contributed by atoms with Crippen LogP contribution in [0.5, 0.6) is 0 Å². The summed E-state index contributed by atoms with van der Waals surface area (Å²) in [6.45, 7) is 2.04. The van der Waals surface area contributed by atoms with Gasteiger partial charge in [0.1, 0.15) is 6.10 Å². The third kappa shape index (κ3) is 3.79. The van der Waals surface area contributed by atoms with Crippen LogP contribution >= 0.6 is 11.3 Å². The van der Waals surface area contributed by atoms with Crippen LogP contribution < -0.4 is 0 Å². The van der Waals surface area contributed by atoms with E-state index >= 15 is 0 Å². The molecule has 1 aromatic heterocycles. The monoisotopic (exact) mass is 319 g/mol. The largest absolute Gasteiger partial charge is 0.462 e. The molecule has 0 spiro atoms. The van der Waals surface area contributed by atoms with Crippen molar-refractivity contribution in [3.8, 4) is 0 Å². The standard InChI is InChI=1S/C18H25NO2S/c1-19-11-9-15(10-12-19)21-18(20)17(16-8-5-13-22-16)14-6-3-2-4-7-14/h3,5-6,8,13-15,17H,2,4,7,9-12H2,1H3/t14-,17-/m1/s1. The van der Waals surface area contributed by atoms with Gasteiger partial charge in [0, 0.05) is 18.0 Å². The molecule has 2 aliphatic rings. The van der Waals surface area contributed by atoms with Crippen LogP contribution in [0, 0.1) is 5.92 Å². The molecule has 1 fully saturated rings. The van der Waals surface area contributed by atoms with Crippen molar-refractivity contribution in [2.24, 2.45) is 5.92 Å². The highest BCUT2D eigenvalue weighted by Crippen LogP contribution is 2.36. The number of esters is 1. The molecule has 0 saturated carbocycles. The van der Waals surface area contributed by atoms with Crippen LogP contribution in [0.25, 0.3) is 0 Å². The van der Waals surface area contributed by atoms with Crippen LogP contribution in [0.2, 0.25) is 0 Å². The molecule has 0 unspecified atom stereocenters. The first-order chi connectivity index (χ1) is 10.7. The molecule has 1 aliphatic carbocycles. The van der Waals surface area contributed by atoms with Gasteiger partial charge in [-0.15, -0.1) is 11.3 Å². The lowest BCUT2D eigenvalue weighted by atomic mass is 9.83. The van der Waals surface area contributed by atoms with Gasteiger partial charge in [0.05, 0.1) is 5.92 Å². The molecule has 22 heavy (non-hydrogen) atoms. The molecule has 0 amide bonds. The van der Waals surface area contributed by atoms with Crippen LogP contribution in [0.4, 0.5) is 0 Å². The lowest BCUT2D eigenvalue weighted by Gasteiger charge is -2.31. The molecule has 2 heterocycles. The Kier molecular flexibility index (Phi) is 5.32. The molecule has 0 bridgehead atoms. The number of ether oxygens (including phenoxy) is 1. The smallest absolute Gasteiger partial charge is 0.315 e. The number of piperidine rings is 1. The van der Waals surface area contributed by atoms with E-state index in [2.05, 4.69) is 35.5 Å². The number of carbonyl (C=O) groups excluding carboxylic acids is 1. The Hall–Kier alpha value is -1.13. The third-order valence-corrected chi connectivity index (χ3v) is 5.73. The second-order valence-electron chi connectivity index (χ2n) is 6.46. The summed E-state index contributed by atoms with van der Waals surface area (Å²) in [5.74, 6) is 0.163. The molecule has 1 aromatic rings. The average molecular weight is 319 g/mol. The Morgan fingerprint density at radius 2 is 2.18 bits per heavy atom. The van der Waals surface area contributed by atoms with Gasteiger partial charge in [-0.05, 0) is 56.5 Å². The fourth-order valence-corrected chi connectivity index (χ4v) is 4.32. The highest BCUT2D eigenvalue weighted by Gasteiger charge is 2.33. The molecular formula is C18H25NO2S. The van der Waals surface area contributed by atoms with Crippen molar-refractivity contribution in [3.05, 3.63) is 34.5 Å². The Morgan fingerprint density at radius 1 is 1.36 bits per heavy atom. The quantitative estimate of drug-likeness (QED) is 0.624. The topological polar surface area (TPSA) is 29.5 Å². The zero-order chi connectivity index (χ0) is 15.4. The van der Waals surface area contributed by atoms with Crippen LogP contribution in [0.1, 0.15) is 42.9 Å². The third-order valence-electron chi connectivity index (χ3n) is 4.77. The second kappa shape index (κ2) is 7.42. The van der Waals surface area contributed by atoms with E-state index in [-0.39, 0.29) is 18.0 Å². The molecule has 3 nitrogen and oxygen atoms in total. The van der Waals surface area contributed by atoms with Gasteiger partial charge in [0.2, 0.25) is 0 Å². The maximum Gasteiger partial charge on any atom is 0.315 e. The summed E-state index contributed by atoms with van der Waals surface area (Å²) >= 11 is 1.67. The van der Waals surface area contributed by atoms with Gasteiger partial charge in [0.25, 0.3) is 0 Å². The minimum absolute atomic E-state index is 0.0199. The van der Waals surface area contributed by atoms with E-state index in [4.69, 9.17) is 4.74 Å². The summed E-state index contributed by atoms with van der Waals surface area (Å²) in [5, 5.41) is 2.05. The summed E-state index contributed by atoms with van der Waals surface area (Å²) in [6.07, 6.45) is 9.85. The molecule has 3 rings (SSSR count). The number of nitrogens with zero attached hydrogens (tertiary/aromatic N) is 1. The maximum absolute atomic E-state index is 12.8. The summed E-state index contributed by atoms with van der Waals surface area (Å²) in [4.78, 5) is 16.3. The Balaban J connectivity index is 1.70. The average Bonchev–Trinajstić information content (AvgIpc) is 3.05. The van der Waals surface area contributed by atoms with Gasteiger partial charge in [-0.25, -0.2) is 0 Å². The Labute approximate surface area is 137 Å². The molecule has 1 aliphatic heterocycles. The van der Waals surface area contributed by atoms with Crippen molar-refractivity contribution in [1.29, 1.82) is 0 Å². The second-order valence-corrected chi connectivity index (χ2v) is 7.43. The Bertz CT molecular complexity index is 503. The van der Waals surface area contributed by atoms with Crippen LogP contribution in [-0.4, -0.2) is 37.1 Å². The first-order valence-electron chi connectivity index (χ1n) is 8.33. The van der Waals surface area contributed by atoms with E-state index < -0.39 is 0 Å². The predicted molar refractivity (Wildman–Crippen MR) is 90.2 cm³/mol. The minimum Gasteiger partial charge on any atom is -0.462 e. The van der Waals surface area contributed by atoms with Crippen molar-refractivity contribution in [1.82, 2.24) is 4.90 Å². The van der Waals surface area contributed by atoms with E-state index in [0.29, 0.717) is 5.92 Å². The maximum atomic E-state index is 12.8. The number of hydrogen-bond donors (Lipinski definition) is 0. The fourth-order valence-electron chi connectivity index (χ4n) is 3.43.